The number of hydrogen-bond acceptors (Lipinski definition) is 3. The average molecular weight is 680 g/mol. The molecule has 0 amide bonds. The molecule has 1 unspecified atom stereocenters. The summed E-state index contributed by atoms with van der Waals surface area (Å²) >= 11 is 12.4. The molecule has 7 heteroatoms. The van der Waals surface area contributed by atoms with Gasteiger partial charge in [0.1, 0.15) is 0 Å². The van der Waals surface area contributed by atoms with E-state index in [2.05, 4.69) is 116 Å². The van der Waals surface area contributed by atoms with Crippen molar-refractivity contribution in [1.82, 2.24) is 24.9 Å². The van der Waals surface area contributed by atoms with Crippen LogP contribution in [0.4, 0.5) is 0 Å². The molecule has 3 saturated heterocycles. The summed E-state index contributed by atoms with van der Waals surface area (Å²) in [6, 6.07) is 34.8. The maximum absolute atomic E-state index is 6.50. The van der Waals surface area contributed by atoms with E-state index in [1.807, 2.05) is 0 Å². The van der Waals surface area contributed by atoms with Crippen LogP contribution in [0.15, 0.2) is 91.0 Å². The van der Waals surface area contributed by atoms with Crippen molar-refractivity contribution < 1.29 is 0 Å². The molecule has 3 aromatic rings. The first-order chi connectivity index (χ1) is 23.6. The van der Waals surface area contributed by atoms with Gasteiger partial charge in [0, 0.05) is 44.8 Å². The summed E-state index contributed by atoms with van der Waals surface area (Å²) < 4.78 is 0. The molecule has 254 valence electrons. The van der Waals surface area contributed by atoms with Crippen LogP contribution in [0.5, 0.6) is 0 Å². The van der Waals surface area contributed by atoms with Crippen LogP contribution in [0.2, 0.25) is 0 Å². The molecule has 4 fully saturated rings. The molecule has 0 radical (unpaired) electrons. The van der Waals surface area contributed by atoms with Crippen molar-refractivity contribution >= 4 is 34.7 Å². The van der Waals surface area contributed by atoms with Gasteiger partial charge < -0.3 is 20.0 Å². The molecular formula is C41H53N5S2. The summed E-state index contributed by atoms with van der Waals surface area (Å²) in [7, 11) is 0. The summed E-state index contributed by atoms with van der Waals surface area (Å²) in [4.78, 5) is 10.6. The van der Waals surface area contributed by atoms with Gasteiger partial charge in [-0.25, -0.2) is 0 Å². The van der Waals surface area contributed by atoms with Gasteiger partial charge in [0.25, 0.3) is 0 Å². The molecule has 0 spiro atoms. The molecule has 4 aliphatic rings. The largest absolute Gasteiger partial charge is 0.360 e. The monoisotopic (exact) mass is 679 g/mol. The van der Waals surface area contributed by atoms with Crippen LogP contribution >= 0.6 is 24.4 Å². The Morgan fingerprint density at radius 2 is 1.27 bits per heavy atom. The van der Waals surface area contributed by atoms with Gasteiger partial charge in [0.15, 0.2) is 10.2 Å². The molecule has 4 atom stereocenters. The fourth-order valence-electron chi connectivity index (χ4n) is 8.85. The lowest BCUT2D eigenvalue weighted by Gasteiger charge is -2.37. The molecule has 7 rings (SSSR count). The smallest absolute Gasteiger partial charge is 0.172 e. The molecular weight excluding hydrogens is 627 g/mol. The van der Waals surface area contributed by atoms with Crippen LogP contribution in [0.1, 0.15) is 61.6 Å². The summed E-state index contributed by atoms with van der Waals surface area (Å²) in [6.07, 6.45) is 12.4. The van der Waals surface area contributed by atoms with Crippen molar-refractivity contribution in [2.75, 3.05) is 39.3 Å². The Hall–Kier alpha value is -3.00. The summed E-state index contributed by atoms with van der Waals surface area (Å²) in [6.45, 7) is 6.23. The first-order valence-corrected chi connectivity index (χ1v) is 19.4. The van der Waals surface area contributed by atoms with E-state index in [-0.39, 0.29) is 0 Å². The van der Waals surface area contributed by atoms with Crippen LogP contribution < -0.4 is 5.32 Å². The van der Waals surface area contributed by atoms with Crippen LogP contribution in [-0.2, 0) is 19.3 Å². The lowest BCUT2D eigenvalue weighted by molar-refractivity contribution is 0.159. The highest BCUT2D eigenvalue weighted by atomic mass is 32.1. The Bertz CT molecular complexity index is 1460. The zero-order chi connectivity index (χ0) is 32.7. The maximum atomic E-state index is 6.50. The minimum atomic E-state index is 0.332. The minimum Gasteiger partial charge on any atom is -0.360 e. The quantitative estimate of drug-likeness (QED) is 0.195. The second-order valence-electron chi connectivity index (χ2n) is 14.8. The highest BCUT2D eigenvalue weighted by Crippen LogP contribution is 2.31. The summed E-state index contributed by atoms with van der Waals surface area (Å²) in [5.41, 5.74) is 4.20. The number of rotatable bonds is 13. The lowest BCUT2D eigenvalue weighted by Crippen LogP contribution is -2.51. The van der Waals surface area contributed by atoms with E-state index >= 15 is 0 Å². The van der Waals surface area contributed by atoms with Crippen molar-refractivity contribution in [2.24, 2.45) is 5.92 Å². The molecule has 3 aromatic carbocycles. The number of likely N-dealkylation sites (tertiary alicyclic amines) is 1. The van der Waals surface area contributed by atoms with E-state index in [0.29, 0.717) is 24.2 Å². The lowest BCUT2D eigenvalue weighted by atomic mass is 9.88. The molecule has 5 nitrogen and oxygen atoms in total. The van der Waals surface area contributed by atoms with Crippen LogP contribution in [0.3, 0.4) is 0 Å². The Balaban J connectivity index is 1.10. The topological polar surface area (TPSA) is 25.0 Å². The number of benzene rings is 3. The minimum absolute atomic E-state index is 0.332. The molecule has 3 heterocycles. The Morgan fingerprint density at radius 1 is 0.646 bits per heavy atom. The number of nitrogens with one attached hydrogen (secondary N) is 1. The number of nitrogens with zero attached hydrogens (tertiary/aromatic N) is 4. The van der Waals surface area contributed by atoms with Crippen molar-refractivity contribution in [3.8, 4) is 0 Å². The zero-order valence-electron chi connectivity index (χ0n) is 28.5. The van der Waals surface area contributed by atoms with Gasteiger partial charge >= 0.3 is 0 Å². The predicted molar refractivity (Wildman–Crippen MR) is 206 cm³/mol. The molecule has 1 N–H and O–H groups in total. The van der Waals surface area contributed by atoms with E-state index in [1.165, 1.54) is 61.6 Å². The van der Waals surface area contributed by atoms with Gasteiger partial charge in [0.2, 0.25) is 0 Å². The van der Waals surface area contributed by atoms with Gasteiger partial charge in [-0.3, -0.25) is 4.90 Å². The third-order valence-electron chi connectivity index (χ3n) is 11.4. The molecule has 48 heavy (non-hydrogen) atoms. The molecule has 1 saturated carbocycles. The Morgan fingerprint density at radius 3 is 1.94 bits per heavy atom. The standard InChI is InChI=1S/C41H53N5S2/c47-40-42-27-37(24-32-14-5-1-6-15-32)44(40)30-36-22-13-23-43(36)29-38(25-33-16-7-2-8-17-33)46-31-39(26-34-18-9-3-10-19-34)45(41(46)48)28-35-20-11-4-12-21-35/h1-3,5-10,14-19,35-39H,4,11-13,20-31H2,(H,42,47)/t36?,37-,38-,39-/m0/s1. The summed E-state index contributed by atoms with van der Waals surface area (Å²) in [5, 5.41) is 5.54. The molecule has 1 aliphatic carbocycles. The van der Waals surface area contributed by atoms with Crippen molar-refractivity contribution in [1.29, 1.82) is 0 Å². The average Bonchev–Trinajstić information content (AvgIpc) is 3.80. The SMILES string of the molecule is S=C1NC[C@H](Cc2ccccc2)N1CC1CCCN1C[C@H](Cc1ccccc1)N1C[C@H](Cc2ccccc2)N(CC2CCCCC2)C1=S. The van der Waals surface area contributed by atoms with Crippen LogP contribution in [-0.4, -0.2) is 93.3 Å². The van der Waals surface area contributed by atoms with E-state index in [1.54, 1.807) is 0 Å². The normalized spacial score (nSPS) is 24.4. The highest BCUT2D eigenvalue weighted by molar-refractivity contribution is 7.80. The number of thiocarbonyl (C=S) groups is 2. The van der Waals surface area contributed by atoms with Gasteiger partial charge in [-0.05, 0) is 98.5 Å². The van der Waals surface area contributed by atoms with Gasteiger partial charge in [-0.15, -0.1) is 0 Å². The number of hydrogen-bond donors (Lipinski definition) is 1. The first-order valence-electron chi connectivity index (χ1n) is 18.6. The molecule has 0 bridgehead atoms. The fourth-order valence-corrected chi connectivity index (χ4v) is 9.60. The first kappa shape index (κ1) is 33.5. The highest BCUT2D eigenvalue weighted by Gasteiger charge is 2.41. The fraction of sp³-hybridized carbons (Fsp3) is 0.512. The van der Waals surface area contributed by atoms with Gasteiger partial charge in [-0.1, -0.05) is 110 Å². The molecule has 0 aromatic heterocycles. The maximum Gasteiger partial charge on any atom is 0.172 e. The Kier molecular flexibility index (Phi) is 11.3. The van der Waals surface area contributed by atoms with E-state index in [4.69, 9.17) is 24.4 Å². The van der Waals surface area contributed by atoms with E-state index < -0.39 is 0 Å². The van der Waals surface area contributed by atoms with E-state index in [0.717, 1.165) is 74.7 Å². The Labute approximate surface area is 299 Å². The third kappa shape index (κ3) is 8.23. The van der Waals surface area contributed by atoms with Crippen molar-refractivity contribution in [2.45, 2.75) is 88.4 Å². The van der Waals surface area contributed by atoms with Crippen molar-refractivity contribution in [3.05, 3.63) is 108 Å². The van der Waals surface area contributed by atoms with Crippen LogP contribution in [0, 0.1) is 5.92 Å². The van der Waals surface area contributed by atoms with Crippen molar-refractivity contribution in [3.63, 3.8) is 0 Å². The zero-order valence-corrected chi connectivity index (χ0v) is 30.1. The van der Waals surface area contributed by atoms with Gasteiger partial charge in [-0.2, -0.15) is 0 Å². The van der Waals surface area contributed by atoms with Gasteiger partial charge in [0.05, 0.1) is 12.1 Å². The third-order valence-corrected chi connectivity index (χ3v) is 12.3. The second-order valence-corrected chi connectivity index (χ2v) is 15.5. The summed E-state index contributed by atoms with van der Waals surface area (Å²) in [5.74, 6) is 0.757. The van der Waals surface area contributed by atoms with Crippen LogP contribution in [0.25, 0.3) is 0 Å². The second kappa shape index (κ2) is 16.1. The predicted octanol–water partition coefficient (Wildman–Crippen LogP) is 6.96. The van der Waals surface area contributed by atoms with E-state index in [9.17, 15) is 0 Å². The molecule has 3 aliphatic heterocycles.